The Morgan fingerprint density at radius 3 is 2.16 bits per heavy atom. The van der Waals surface area contributed by atoms with E-state index in [4.69, 9.17) is 33.1 Å². The molecule has 6 nitrogen and oxygen atoms in total. The van der Waals surface area contributed by atoms with E-state index in [0.717, 1.165) is 12.1 Å². The van der Waals surface area contributed by atoms with Crippen LogP contribution >= 0.6 is 23.2 Å². The maximum Gasteiger partial charge on any atom is 0.411 e. The highest BCUT2D eigenvalue weighted by Crippen LogP contribution is 2.33. The first kappa shape index (κ1) is 16.0. The molecule has 0 aliphatic carbocycles. The first-order valence-corrected chi connectivity index (χ1v) is 7.41. The molecule has 0 radical (unpaired) electrons. The number of hydrogen-bond acceptors (Lipinski definition) is 4. The summed E-state index contributed by atoms with van der Waals surface area (Å²) in [6.07, 6.45) is -1.07. The topological polar surface area (TPSA) is 98.5 Å². The van der Waals surface area contributed by atoms with Crippen LogP contribution in [0.1, 0.15) is 13.8 Å². The minimum Gasteiger partial charge on any atom is -0.447 e. The lowest BCUT2D eigenvalue weighted by atomic mass is 10.3. The minimum absolute atomic E-state index is 0.0568. The van der Waals surface area contributed by atoms with Gasteiger partial charge in [-0.05, 0) is 26.0 Å². The van der Waals surface area contributed by atoms with Gasteiger partial charge >= 0.3 is 6.09 Å². The zero-order valence-corrected chi connectivity index (χ0v) is 12.4. The van der Waals surface area contributed by atoms with Crippen molar-refractivity contribution in [1.82, 2.24) is 0 Å². The number of benzene rings is 1. The van der Waals surface area contributed by atoms with E-state index >= 15 is 0 Å². The number of primary sulfonamides is 1. The van der Waals surface area contributed by atoms with E-state index in [9.17, 15) is 13.2 Å². The average molecular weight is 327 g/mol. The van der Waals surface area contributed by atoms with Gasteiger partial charge in [-0.2, -0.15) is 0 Å². The minimum atomic E-state index is -3.92. The standard InChI is InChI=1S/C10H12Cl2N2O4S/c1-5(2)18-10(15)14-9-7(11)3-6(4-8(9)12)19(13,16)17/h3-5H,1-2H3,(H,14,15)(H2,13,16,17). The van der Waals surface area contributed by atoms with E-state index in [1.165, 1.54) is 0 Å². The highest BCUT2D eigenvalue weighted by Gasteiger charge is 2.17. The molecule has 1 rings (SSSR count). The fraction of sp³-hybridized carbons (Fsp3) is 0.300. The fourth-order valence-electron chi connectivity index (χ4n) is 1.18. The first-order valence-electron chi connectivity index (χ1n) is 5.10. The van der Waals surface area contributed by atoms with Crippen molar-refractivity contribution in [3.63, 3.8) is 0 Å². The predicted octanol–water partition coefficient (Wildman–Crippen LogP) is 2.60. The Bertz CT molecular complexity index is 579. The molecule has 1 aromatic rings. The third-order valence-corrected chi connectivity index (χ3v) is 3.40. The number of nitrogens with two attached hydrogens (primary N) is 1. The van der Waals surface area contributed by atoms with Gasteiger partial charge in [0.1, 0.15) is 0 Å². The number of amides is 1. The van der Waals surface area contributed by atoms with Gasteiger partial charge in [0.25, 0.3) is 0 Å². The smallest absolute Gasteiger partial charge is 0.411 e. The van der Waals surface area contributed by atoms with Crippen molar-refractivity contribution in [2.45, 2.75) is 24.8 Å². The van der Waals surface area contributed by atoms with Crippen LogP contribution in [-0.4, -0.2) is 20.6 Å². The van der Waals surface area contributed by atoms with Gasteiger partial charge in [0.15, 0.2) is 0 Å². The summed E-state index contributed by atoms with van der Waals surface area (Å²) >= 11 is 11.7. The molecule has 9 heteroatoms. The van der Waals surface area contributed by atoms with E-state index in [2.05, 4.69) is 5.32 Å². The Labute approximate surface area is 120 Å². The van der Waals surface area contributed by atoms with E-state index in [1.807, 2.05) is 0 Å². The number of ether oxygens (including phenoxy) is 1. The molecule has 0 fully saturated rings. The summed E-state index contributed by atoms with van der Waals surface area (Å²) < 4.78 is 27.2. The molecule has 0 unspecified atom stereocenters. The summed E-state index contributed by atoms with van der Waals surface area (Å²) in [5.74, 6) is 0. The predicted molar refractivity (Wildman–Crippen MR) is 73.1 cm³/mol. The molecule has 0 saturated heterocycles. The number of hydrogen-bond donors (Lipinski definition) is 2. The second-order valence-corrected chi connectivity index (χ2v) is 6.26. The SMILES string of the molecule is CC(C)OC(=O)Nc1c(Cl)cc(S(N)(=O)=O)cc1Cl. The lowest BCUT2D eigenvalue weighted by Gasteiger charge is -2.12. The molecule has 0 bridgehead atoms. The molecular formula is C10H12Cl2N2O4S. The summed E-state index contributed by atoms with van der Waals surface area (Å²) in [6.45, 7) is 3.35. The van der Waals surface area contributed by atoms with Gasteiger partial charge < -0.3 is 4.74 Å². The Morgan fingerprint density at radius 1 is 1.32 bits per heavy atom. The maximum absolute atomic E-state index is 11.4. The molecule has 0 aromatic heterocycles. The summed E-state index contributed by atoms with van der Waals surface area (Å²) in [5.41, 5.74) is 0.0568. The van der Waals surface area contributed by atoms with Crippen LogP contribution in [0.15, 0.2) is 17.0 Å². The first-order chi connectivity index (χ1) is 8.61. The molecule has 0 aliphatic heterocycles. The van der Waals surface area contributed by atoms with Crippen molar-refractivity contribution in [3.8, 4) is 0 Å². The van der Waals surface area contributed by atoms with Gasteiger partial charge in [-0.15, -0.1) is 0 Å². The Morgan fingerprint density at radius 2 is 1.79 bits per heavy atom. The van der Waals surface area contributed by atoms with Crippen molar-refractivity contribution in [2.75, 3.05) is 5.32 Å². The summed E-state index contributed by atoms with van der Waals surface area (Å²) in [6, 6.07) is 2.18. The van der Waals surface area contributed by atoms with Gasteiger partial charge in [0.2, 0.25) is 10.0 Å². The van der Waals surface area contributed by atoms with Crippen molar-refractivity contribution in [1.29, 1.82) is 0 Å². The number of rotatable bonds is 3. The number of halogens is 2. The fourth-order valence-corrected chi connectivity index (χ4v) is 2.45. The van der Waals surface area contributed by atoms with E-state index in [-0.39, 0.29) is 26.7 Å². The van der Waals surface area contributed by atoms with Crippen molar-refractivity contribution < 1.29 is 17.9 Å². The lowest BCUT2D eigenvalue weighted by molar-refractivity contribution is 0.130. The molecular weight excluding hydrogens is 315 g/mol. The molecule has 0 aliphatic rings. The zero-order chi connectivity index (χ0) is 14.8. The van der Waals surface area contributed by atoms with Crippen LogP contribution in [0.2, 0.25) is 10.0 Å². The number of carbonyl (C=O) groups is 1. The van der Waals surface area contributed by atoms with Crippen LogP contribution in [0, 0.1) is 0 Å². The molecule has 19 heavy (non-hydrogen) atoms. The highest BCUT2D eigenvalue weighted by molar-refractivity contribution is 7.89. The van der Waals surface area contributed by atoms with Crippen molar-refractivity contribution in [2.24, 2.45) is 5.14 Å². The summed E-state index contributed by atoms with van der Waals surface area (Å²) in [5, 5.41) is 7.17. The lowest BCUT2D eigenvalue weighted by Crippen LogP contribution is -2.19. The molecule has 0 spiro atoms. The van der Waals surface area contributed by atoms with Gasteiger partial charge in [0, 0.05) is 0 Å². The van der Waals surface area contributed by atoms with E-state index in [1.54, 1.807) is 13.8 Å². The summed E-state index contributed by atoms with van der Waals surface area (Å²) in [7, 11) is -3.92. The average Bonchev–Trinajstić information content (AvgIpc) is 2.20. The second kappa shape index (κ2) is 5.96. The Kier molecular flexibility index (Phi) is 5.03. The van der Waals surface area contributed by atoms with Crippen LogP contribution < -0.4 is 10.5 Å². The number of anilines is 1. The molecule has 106 valence electrons. The summed E-state index contributed by atoms with van der Waals surface area (Å²) in [4.78, 5) is 11.2. The number of carbonyl (C=O) groups excluding carboxylic acids is 1. The largest absolute Gasteiger partial charge is 0.447 e. The monoisotopic (exact) mass is 326 g/mol. The van der Waals surface area contributed by atoms with Crippen molar-refractivity contribution >= 4 is 45.0 Å². The van der Waals surface area contributed by atoms with Gasteiger partial charge in [-0.25, -0.2) is 18.4 Å². The number of sulfonamides is 1. The highest BCUT2D eigenvalue weighted by atomic mass is 35.5. The van der Waals surface area contributed by atoms with Crippen molar-refractivity contribution in [3.05, 3.63) is 22.2 Å². The number of nitrogens with one attached hydrogen (secondary N) is 1. The second-order valence-electron chi connectivity index (χ2n) is 3.89. The Hall–Kier alpha value is -1.02. The normalized spacial score (nSPS) is 11.5. The molecule has 0 atom stereocenters. The third kappa shape index (κ3) is 4.54. The van der Waals surface area contributed by atoms with Crippen LogP contribution in [-0.2, 0) is 14.8 Å². The van der Waals surface area contributed by atoms with Gasteiger partial charge in [0.05, 0.1) is 26.7 Å². The van der Waals surface area contributed by atoms with Crippen LogP contribution in [0.3, 0.4) is 0 Å². The molecule has 1 amide bonds. The Balaban J connectivity index is 3.08. The molecule has 0 heterocycles. The zero-order valence-electron chi connectivity index (χ0n) is 10.1. The van der Waals surface area contributed by atoms with Crippen LogP contribution in [0.25, 0.3) is 0 Å². The maximum atomic E-state index is 11.4. The van der Waals surface area contributed by atoms with Crippen LogP contribution in [0.4, 0.5) is 10.5 Å². The quantitative estimate of drug-likeness (QED) is 0.891. The van der Waals surface area contributed by atoms with E-state index in [0.29, 0.717) is 0 Å². The molecule has 0 saturated carbocycles. The third-order valence-electron chi connectivity index (χ3n) is 1.91. The van der Waals surface area contributed by atoms with Crippen LogP contribution in [0.5, 0.6) is 0 Å². The molecule has 1 aromatic carbocycles. The van der Waals surface area contributed by atoms with Gasteiger partial charge in [-0.3, -0.25) is 5.32 Å². The van der Waals surface area contributed by atoms with E-state index < -0.39 is 16.1 Å². The van der Waals surface area contributed by atoms with Gasteiger partial charge in [-0.1, -0.05) is 23.2 Å². The molecule has 3 N–H and O–H groups in total.